The Hall–Kier alpha value is -4.06. The van der Waals surface area contributed by atoms with Crippen LogP contribution in [0, 0.1) is 5.82 Å². The molecule has 10 nitrogen and oxygen atoms in total. The third-order valence-electron chi connectivity index (χ3n) is 7.93. The van der Waals surface area contributed by atoms with Crippen LogP contribution in [-0.2, 0) is 38.9 Å². The van der Waals surface area contributed by atoms with Crippen molar-refractivity contribution in [3.8, 4) is 11.1 Å². The van der Waals surface area contributed by atoms with Crippen molar-refractivity contribution in [3.63, 3.8) is 0 Å². The summed E-state index contributed by atoms with van der Waals surface area (Å²) in [6.45, 7) is 10.8. The summed E-state index contributed by atoms with van der Waals surface area (Å²) in [6, 6.07) is 10.5. The van der Waals surface area contributed by atoms with Crippen molar-refractivity contribution in [2.24, 2.45) is 0 Å². The number of carbonyl (C=O) groups is 3. The number of benzene rings is 2. The monoisotopic (exact) mass is 684 g/mol. The van der Waals surface area contributed by atoms with Gasteiger partial charge >= 0.3 is 6.09 Å². The van der Waals surface area contributed by atoms with E-state index in [1.54, 1.807) is 27.7 Å². The molecule has 0 aliphatic heterocycles. The first-order valence-electron chi connectivity index (χ1n) is 17.0. The first-order valence-corrected chi connectivity index (χ1v) is 18.5. The highest BCUT2D eigenvalue weighted by Crippen LogP contribution is 2.30. The summed E-state index contributed by atoms with van der Waals surface area (Å²) in [6.07, 6.45) is 4.27. The molecule has 12 heteroatoms. The Morgan fingerprint density at radius 3 is 2.33 bits per heavy atom. The van der Waals surface area contributed by atoms with E-state index in [1.807, 2.05) is 39.3 Å². The van der Waals surface area contributed by atoms with E-state index in [0.29, 0.717) is 67.1 Å². The Bertz CT molecular complexity index is 1670. The molecule has 1 N–H and O–H groups in total. The Morgan fingerprint density at radius 2 is 1.69 bits per heavy atom. The van der Waals surface area contributed by atoms with Gasteiger partial charge < -0.3 is 14.2 Å². The summed E-state index contributed by atoms with van der Waals surface area (Å²) in [5, 5.41) is 0. The molecule has 1 heterocycles. The fourth-order valence-electron chi connectivity index (χ4n) is 5.51. The summed E-state index contributed by atoms with van der Waals surface area (Å²) < 4.78 is 50.8. The minimum Gasteiger partial charge on any atom is -0.449 e. The molecular formula is C36H49FN4O6S. The van der Waals surface area contributed by atoms with Gasteiger partial charge in [0.05, 0.1) is 23.7 Å². The number of hydrogen-bond acceptors (Lipinski definition) is 7. The zero-order valence-corrected chi connectivity index (χ0v) is 29.6. The number of ketones is 1. The minimum absolute atomic E-state index is 0.0299. The van der Waals surface area contributed by atoms with Crippen LogP contribution in [0.1, 0.15) is 107 Å². The number of ether oxygens (including phenoxy) is 1. The predicted molar refractivity (Wildman–Crippen MR) is 184 cm³/mol. The van der Waals surface area contributed by atoms with E-state index in [2.05, 4.69) is 0 Å². The Kier molecular flexibility index (Phi) is 14.8. The van der Waals surface area contributed by atoms with Crippen LogP contribution in [0.3, 0.4) is 0 Å². The smallest absolute Gasteiger partial charge is 0.421 e. The van der Waals surface area contributed by atoms with Crippen molar-refractivity contribution in [2.45, 2.75) is 104 Å². The molecule has 1 aromatic heterocycles. The summed E-state index contributed by atoms with van der Waals surface area (Å²) >= 11 is 0. The number of halogens is 1. The standard InChI is InChI=1S/C36H49FN4O6S/c1-6-11-23-47-36(44)39-48(45,46)32-17-13-12-16-28(32)26-18-19-27(29(37)24-26)25-41-33(14-7-2)38-30(10-5)35(41)31(42)20-22-40(21-9-4)34(43)15-8-3/h12-13,16-19,24H,6-11,14-15,20-23,25H2,1-5H3,(H,39,44). The second kappa shape index (κ2) is 18.5. The number of imidazole rings is 1. The lowest BCUT2D eigenvalue weighted by Crippen LogP contribution is -2.33. The molecule has 0 spiro atoms. The molecule has 0 fully saturated rings. The zero-order chi connectivity index (χ0) is 35.3. The van der Waals surface area contributed by atoms with Gasteiger partial charge in [0.15, 0.2) is 5.78 Å². The fourth-order valence-corrected chi connectivity index (χ4v) is 6.63. The SMILES string of the molecule is CCCCOC(=O)NS(=O)(=O)c1ccccc1-c1ccc(Cn2c(CCC)nc(CC)c2C(=O)CCN(CCC)C(=O)CCC)c(F)c1. The summed E-state index contributed by atoms with van der Waals surface area (Å²) in [7, 11) is -4.32. The molecule has 0 aliphatic rings. The maximum absolute atomic E-state index is 15.9. The second-order valence-electron chi connectivity index (χ2n) is 11.7. The van der Waals surface area contributed by atoms with Gasteiger partial charge in [-0.05, 0) is 49.8 Å². The fraction of sp³-hybridized carbons (Fsp3) is 0.500. The highest BCUT2D eigenvalue weighted by atomic mass is 32.2. The number of amides is 2. The van der Waals surface area contributed by atoms with Gasteiger partial charge in [-0.15, -0.1) is 0 Å². The number of nitrogens with zero attached hydrogens (tertiary/aromatic N) is 3. The van der Waals surface area contributed by atoms with Gasteiger partial charge in [0, 0.05) is 43.5 Å². The maximum Gasteiger partial charge on any atom is 0.421 e. The summed E-state index contributed by atoms with van der Waals surface area (Å²) in [5.74, 6) is -0.0215. The maximum atomic E-state index is 15.9. The molecule has 262 valence electrons. The van der Waals surface area contributed by atoms with E-state index in [9.17, 15) is 22.8 Å². The second-order valence-corrected chi connectivity index (χ2v) is 13.4. The van der Waals surface area contributed by atoms with Crippen molar-refractivity contribution in [1.82, 2.24) is 19.2 Å². The van der Waals surface area contributed by atoms with Crippen molar-refractivity contribution in [2.75, 3.05) is 19.7 Å². The van der Waals surface area contributed by atoms with Crippen LogP contribution in [0.25, 0.3) is 11.1 Å². The van der Waals surface area contributed by atoms with Gasteiger partial charge in [0.25, 0.3) is 10.0 Å². The number of sulfonamides is 1. The predicted octanol–water partition coefficient (Wildman–Crippen LogP) is 7.08. The molecule has 0 atom stereocenters. The van der Waals surface area contributed by atoms with Crippen LogP contribution in [0.15, 0.2) is 47.4 Å². The van der Waals surface area contributed by atoms with E-state index >= 15 is 4.39 Å². The highest BCUT2D eigenvalue weighted by Gasteiger charge is 2.25. The summed E-state index contributed by atoms with van der Waals surface area (Å²) in [4.78, 5) is 44.9. The lowest BCUT2D eigenvalue weighted by atomic mass is 10.0. The van der Waals surface area contributed by atoms with Crippen LogP contribution in [-0.4, -0.2) is 60.3 Å². The van der Waals surface area contributed by atoms with Crippen LogP contribution in [0.4, 0.5) is 9.18 Å². The van der Waals surface area contributed by atoms with Gasteiger partial charge in [0.2, 0.25) is 5.91 Å². The lowest BCUT2D eigenvalue weighted by Gasteiger charge is -2.22. The number of hydrogen-bond donors (Lipinski definition) is 1. The molecule has 2 aromatic carbocycles. The average Bonchev–Trinajstić information content (AvgIpc) is 3.40. The van der Waals surface area contributed by atoms with Crippen molar-refractivity contribution < 1.29 is 31.9 Å². The van der Waals surface area contributed by atoms with Crippen LogP contribution < -0.4 is 4.72 Å². The molecule has 48 heavy (non-hydrogen) atoms. The van der Waals surface area contributed by atoms with Crippen molar-refractivity contribution in [3.05, 3.63) is 71.1 Å². The average molecular weight is 685 g/mol. The van der Waals surface area contributed by atoms with Crippen LogP contribution in [0.5, 0.6) is 0 Å². The molecular weight excluding hydrogens is 635 g/mol. The molecule has 3 aromatic rings. The number of unbranched alkanes of at least 4 members (excludes halogenated alkanes) is 1. The van der Waals surface area contributed by atoms with Gasteiger partial charge in [-0.1, -0.05) is 71.4 Å². The minimum atomic E-state index is -4.32. The number of aryl methyl sites for hydroxylation is 2. The molecule has 0 bridgehead atoms. The Balaban J connectivity index is 1.94. The van der Waals surface area contributed by atoms with E-state index in [-0.39, 0.29) is 41.7 Å². The third kappa shape index (κ3) is 9.98. The van der Waals surface area contributed by atoms with Gasteiger partial charge in [0.1, 0.15) is 17.3 Å². The quantitative estimate of drug-likeness (QED) is 0.106. The third-order valence-corrected chi connectivity index (χ3v) is 9.30. The van der Waals surface area contributed by atoms with Crippen molar-refractivity contribution >= 4 is 27.8 Å². The molecule has 0 aliphatic carbocycles. The highest BCUT2D eigenvalue weighted by molar-refractivity contribution is 7.90. The normalized spacial score (nSPS) is 11.4. The first-order chi connectivity index (χ1) is 23.0. The van der Waals surface area contributed by atoms with E-state index in [0.717, 1.165) is 25.7 Å². The number of Topliss-reactive ketones (excluding diaryl/α,β-unsaturated/α-hetero) is 1. The van der Waals surface area contributed by atoms with Gasteiger partial charge in [-0.25, -0.2) is 27.3 Å². The molecule has 0 unspecified atom stereocenters. The van der Waals surface area contributed by atoms with Gasteiger partial charge in [-0.3, -0.25) is 9.59 Å². The number of nitrogens with one attached hydrogen (secondary N) is 1. The van der Waals surface area contributed by atoms with E-state index < -0.39 is 21.9 Å². The van der Waals surface area contributed by atoms with E-state index in [1.165, 1.54) is 24.3 Å². The molecule has 0 radical (unpaired) electrons. The van der Waals surface area contributed by atoms with Gasteiger partial charge in [-0.2, -0.15) is 0 Å². The van der Waals surface area contributed by atoms with Crippen LogP contribution in [0.2, 0.25) is 0 Å². The molecule has 0 saturated heterocycles. The summed E-state index contributed by atoms with van der Waals surface area (Å²) in [5.41, 5.74) is 1.88. The first kappa shape index (κ1) is 38.4. The number of aromatic nitrogens is 2. The van der Waals surface area contributed by atoms with Crippen molar-refractivity contribution in [1.29, 1.82) is 0 Å². The largest absolute Gasteiger partial charge is 0.449 e. The topological polar surface area (TPSA) is 128 Å². The molecule has 0 saturated carbocycles. The van der Waals surface area contributed by atoms with Crippen LogP contribution >= 0.6 is 0 Å². The lowest BCUT2D eigenvalue weighted by molar-refractivity contribution is -0.131. The number of carbonyl (C=O) groups excluding carboxylic acids is 3. The molecule has 3 rings (SSSR count). The zero-order valence-electron chi connectivity index (χ0n) is 28.8. The Labute approximate surface area is 284 Å². The molecule has 2 amide bonds. The number of rotatable bonds is 19. The van der Waals surface area contributed by atoms with E-state index in [4.69, 9.17) is 9.72 Å². The Morgan fingerprint density at radius 1 is 0.938 bits per heavy atom.